The van der Waals surface area contributed by atoms with E-state index in [0.717, 1.165) is 29.2 Å². The third-order valence-electron chi connectivity index (χ3n) is 2.71. The van der Waals surface area contributed by atoms with E-state index in [1.54, 1.807) is 0 Å². The van der Waals surface area contributed by atoms with Crippen LogP contribution in [0.2, 0.25) is 0 Å². The van der Waals surface area contributed by atoms with E-state index in [4.69, 9.17) is 4.42 Å². The maximum Gasteiger partial charge on any atom is 0.416 e. The smallest absolute Gasteiger partial charge is 0.416 e. The molecule has 2 rings (SSSR count). The first-order chi connectivity index (χ1) is 8.95. The zero-order valence-electron chi connectivity index (χ0n) is 10.4. The molecular formula is C14H14F3NO. The standard InChI is InChI=1S/C14H14F3NO/c1-10-2-7-13(19-10)9-18-8-11-3-5-12(6-4-11)14(15,16)17/h2-7,18H,8-9H2,1H3. The van der Waals surface area contributed by atoms with Gasteiger partial charge in [0.2, 0.25) is 0 Å². The van der Waals surface area contributed by atoms with Crippen LogP contribution in [-0.2, 0) is 19.3 Å². The molecule has 0 unspecified atom stereocenters. The Morgan fingerprint density at radius 1 is 1.00 bits per heavy atom. The minimum atomic E-state index is -4.28. The summed E-state index contributed by atoms with van der Waals surface area (Å²) in [6, 6.07) is 8.87. The Morgan fingerprint density at radius 3 is 2.21 bits per heavy atom. The molecule has 0 amide bonds. The minimum absolute atomic E-state index is 0.498. The van der Waals surface area contributed by atoms with Gasteiger partial charge in [-0.05, 0) is 36.8 Å². The fourth-order valence-electron chi connectivity index (χ4n) is 1.72. The van der Waals surface area contributed by atoms with Crippen molar-refractivity contribution in [2.45, 2.75) is 26.2 Å². The van der Waals surface area contributed by atoms with Crippen molar-refractivity contribution >= 4 is 0 Å². The van der Waals surface area contributed by atoms with E-state index < -0.39 is 11.7 Å². The second-order valence-electron chi connectivity index (χ2n) is 4.31. The highest BCUT2D eigenvalue weighted by Gasteiger charge is 2.29. The number of hydrogen-bond donors (Lipinski definition) is 1. The van der Waals surface area contributed by atoms with Gasteiger partial charge in [0.25, 0.3) is 0 Å². The number of halogens is 3. The summed E-state index contributed by atoms with van der Waals surface area (Å²) in [6.45, 7) is 2.91. The zero-order chi connectivity index (χ0) is 13.9. The third kappa shape index (κ3) is 3.86. The Balaban J connectivity index is 1.86. The maximum absolute atomic E-state index is 12.4. The molecule has 1 N–H and O–H groups in total. The summed E-state index contributed by atoms with van der Waals surface area (Å²) in [7, 11) is 0. The van der Waals surface area contributed by atoms with Gasteiger partial charge < -0.3 is 9.73 Å². The number of benzene rings is 1. The predicted molar refractivity (Wildman–Crippen MR) is 65.4 cm³/mol. The van der Waals surface area contributed by atoms with Crippen molar-refractivity contribution in [1.82, 2.24) is 5.32 Å². The van der Waals surface area contributed by atoms with Gasteiger partial charge in [-0.2, -0.15) is 13.2 Å². The molecule has 5 heteroatoms. The average Bonchev–Trinajstić information content (AvgIpc) is 2.75. The molecule has 1 aromatic heterocycles. The van der Waals surface area contributed by atoms with Crippen LogP contribution in [0.25, 0.3) is 0 Å². The second kappa shape index (κ2) is 5.48. The van der Waals surface area contributed by atoms with Crippen LogP contribution in [0.5, 0.6) is 0 Å². The normalized spacial score (nSPS) is 11.8. The van der Waals surface area contributed by atoms with Crippen LogP contribution in [0.1, 0.15) is 22.6 Å². The summed E-state index contributed by atoms with van der Waals surface area (Å²) in [5, 5.41) is 3.11. The Kier molecular flexibility index (Phi) is 3.95. The monoisotopic (exact) mass is 269 g/mol. The molecule has 0 aliphatic carbocycles. The van der Waals surface area contributed by atoms with E-state index >= 15 is 0 Å². The molecular weight excluding hydrogens is 255 g/mol. The fourth-order valence-corrected chi connectivity index (χ4v) is 1.72. The van der Waals surface area contributed by atoms with Crippen LogP contribution in [-0.4, -0.2) is 0 Å². The summed E-state index contributed by atoms with van der Waals surface area (Å²) >= 11 is 0. The first kappa shape index (κ1) is 13.7. The third-order valence-corrected chi connectivity index (χ3v) is 2.71. The van der Waals surface area contributed by atoms with Gasteiger partial charge in [0.05, 0.1) is 12.1 Å². The van der Waals surface area contributed by atoms with Gasteiger partial charge in [-0.15, -0.1) is 0 Å². The van der Waals surface area contributed by atoms with Crippen molar-refractivity contribution < 1.29 is 17.6 Å². The van der Waals surface area contributed by atoms with E-state index in [1.807, 2.05) is 19.1 Å². The lowest BCUT2D eigenvalue weighted by Gasteiger charge is -2.08. The number of rotatable bonds is 4. The van der Waals surface area contributed by atoms with Crippen molar-refractivity contribution in [2.75, 3.05) is 0 Å². The van der Waals surface area contributed by atoms with Gasteiger partial charge in [0.15, 0.2) is 0 Å². The van der Waals surface area contributed by atoms with E-state index in [9.17, 15) is 13.2 Å². The molecule has 0 saturated carbocycles. The minimum Gasteiger partial charge on any atom is -0.465 e. The molecule has 102 valence electrons. The highest BCUT2D eigenvalue weighted by Crippen LogP contribution is 2.29. The molecule has 0 spiro atoms. The van der Waals surface area contributed by atoms with Crippen molar-refractivity contribution in [2.24, 2.45) is 0 Å². The molecule has 19 heavy (non-hydrogen) atoms. The van der Waals surface area contributed by atoms with E-state index in [1.165, 1.54) is 12.1 Å². The van der Waals surface area contributed by atoms with Crippen LogP contribution in [0.15, 0.2) is 40.8 Å². The Labute approximate surface area is 109 Å². The summed E-state index contributed by atoms with van der Waals surface area (Å²) in [6.07, 6.45) is -4.28. The molecule has 0 bridgehead atoms. The zero-order valence-corrected chi connectivity index (χ0v) is 10.4. The van der Waals surface area contributed by atoms with E-state index in [0.29, 0.717) is 13.1 Å². The summed E-state index contributed by atoms with van der Waals surface area (Å²) in [5.74, 6) is 1.65. The van der Waals surface area contributed by atoms with Crippen molar-refractivity contribution in [1.29, 1.82) is 0 Å². The van der Waals surface area contributed by atoms with Crippen molar-refractivity contribution in [3.8, 4) is 0 Å². The molecule has 0 atom stereocenters. The molecule has 0 aliphatic heterocycles. The maximum atomic E-state index is 12.4. The predicted octanol–water partition coefficient (Wildman–Crippen LogP) is 3.90. The van der Waals surface area contributed by atoms with E-state index in [2.05, 4.69) is 5.32 Å². The summed E-state index contributed by atoms with van der Waals surface area (Å²) < 4.78 is 42.5. The molecule has 0 saturated heterocycles. The first-order valence-electron chi connectivity index (χ1n) is 5.87. The lowest BCUT2D eigenvalue weighted by Crippen LogP contribution is -2.12. The lowest BCUT2D eigenvalue weighted by molar-refractivity contribution is -0.137. The summed E-state index contributed by atoms with van der Waals surface area (Å²) in [5.41, 5.74) is 0.175. The fraction of sp³-hybridized carbons (Fsp3) is 0.286. The molecule has 0 radical (unpaired) electrons. The SMILES string of the molecule is Cc1ccc(CNCc2ccc(C(F)(F)F)cc2)o1. The number of nitrogens with one attached hydrogen (secondary N) is 1. The first-order valence-corrected chi connectivity index (χ1v) is 5.87. The number of alkyl halides is 3. The average molecular weight is 269 g/mol. The van der Waals surface area contributed by atoms with Crippen molar-refractivity contribution in [3.05, 3.63) is 59.0 Å². The van der Waals surface area contributed by atoms with Crippen LogP contribution in [0.3, 0.4) is 0 Å². The van der Waals surface area contributed by atoms with Crippen LogP contribution < -0.4 is 5.32 Å². The number of aryl methyl sites for hydroxylation is 1. The topological polar surface area (TPSA) is 25.2 Å². The van der Waals surface area contributed by atoms with Crippen LogP contribution >= 0.6 is 0 Å². The van der Waals surface area contributed by atoms with Crippen LogP contribution in [0.4, 0.5) is 13.2 Å². The number of furan rings is 1. The van der Waals surface area contributed by atoms with Gasteiger partial charge in [0.1, 0.15) is 11.5 Å². The highest BCUT2D eigenvalue weighted by atomic mass is 19.4. The van der Waals surface area contributed by atoms with Gasteiger partial charge in [-0.25, -0.2) is 0 Å². The van der Waals surface area contributed by atoms with Gasteiger partial charge in [0, 0.05) is 6.54 Å². The lowest BCUT2D eigenvalue weighted by atomic mass is 10.1. The Hall–Kier alpha value is -1.75. The molecule has 2 aromatic rings. The largest absolute Gasteiger partial charge is 0.465 e. The molecule has 1 heterocycles. The number of hydrogen-bond acceptors (Lipinski definition) is 2. The molecule has 1 aromatic carbocycles. The van der Waals surface area contributed by atoms with Crippen LogP contribution in [0, 0.1) is 6.92 Å². The Bertz CT molecular complexity index is 528. The van der Waals surface area contributed by atoms with Gasteiger partial charge in [-0.1, -0.05) is 12.1 Å². The molecule has 2 nitrogen and oxygen atoms in total. The van der Waals surface area contributed by atoms with Gasteiger partial charge >= 0.3 is 6.18 Å². The van der Waals surface area contributed by atoms with Crippen molar-refractivity contribution in [3.63, 3.8) is 0 Å². The molecule has 0 aliphatic rings. The van der Waals surface area contributed by atoms with Gasteiger partial charge in [-0.3, -0.25) is 0 Å². The highest BCUT2D eigenvalue weighted by molar-refractivity contribution is 5.24. The van der Waals surface area contributed by atoms with E-state index in [-0.39, 0.29) is 0 Å². The summed E-state index contributed by atoms with van der Waals surface area (Å²) in [4.78, 5) is 0. The second-order valence-corrected chi connectivity index (χ2v) is 4.31. The molecule has 0 fully saturated rings. The Morgan fingerprint density at radius 2 is 1.68 bits per heavy atom. The quantitative estimate of drug-likeness (QED) is 0.910.